The second-order valence-corrected chi connectivity index (χ2v) is 11.2. The van der Waals surface area contributed by atoms with E-state index in [9.17, 15) is 14.7 Å². The number of anilines is 1. The summed E-state index contributed by atoms with van der Waals surface area (Å²) < 4.78 is 14.8. The largest absolute Gasteiger partial charge is 0.465 e. The van der Waals surface area contributed by atoms with Gasteiger partial charge >= 0.3 is 6.09 Å². The van der Waals surface area contributed by atoms with Crippen LogP contribution in [0.25, 0.3) is 0 Å². The van der Waals surface area contributed by atoms with E-state index in [0.717, 1.165) is 25.0 Å². The Balaban J connectivity index is 1.32. The Bertz CT molecular complexity index is 1140. The average molecular weight is 487 g/mol. The van der Waals surface area contributed by atoms with Gasteiger partial charge in [-0.25, -0.2) is 4.79 Å². The van der Waals surface area contributed by atoms with Gasteiger partial charge in [-0.1, -0.05) is 0 Å². The molecule has 0 aromatic carbocycles. The van der Waals surface area contributed by atoms with Gasteiger partial charge in [-0.15, -0.1) is 0 Å². The number of rotatable bonds is 7. The van der Waals surface area contributed by atoms with Crippen molar-refractivity contribution in [2.24, 2.45) is 24.8 Å². The first-order valence-corrected chi connectivity index (χ1v) is 12.1. The summed E-state index contributed by atoms with van der Waals surface area (Å²) in [4.78, 5) is 24.2. The molecular weight excluding hydrogens is 452 g/mol. The maximum atomic E-state index is 12.9. The van der Waals surface area contributed by atoms with Crippen molar-refractivity contribution < 1.29 is 24.2 Å². The molecule has 3 aliphatic carbocycles. The van der Waals surface area contributed by atoms with Crippen LogP contribution in [0, 0.1) is 17.8 Å². The van der Waals surface area contributed by atoms with Crippen LogP contribution >= 0.6 is 0 Å². The molecule has 2 bridgehead atoms. The number of amides is 2. The van der Waals surface area contributed by atoms with Crippen LogP contribution in [0.15, 0.2) is 12.1 Å². The summed E-state index contributed by atoms with van der Waals surface area (Å²) >= 11 is 0. The third kappa shape index (κ3) is 4.10. The molecule has 1 saturated heterocycles. The van der Waals surface area contributed by atoms with Crippen LogP contribution in [0.4, 0.5) is 10.6 Å². The molecule has 11 nitrogen and oxygen atoms in total. The zero-order chi connectivity index (χ0) is 25.1. The van der Waals surface area contributed by atoms with Gasteiger partial charge in [0.15, 0.2) is 5.82 Å². The highest BCUT2D eigenvalue weighted by Crippen LogP contribution is 2.66. The number of nitrogens with one attached hydrogen (secondary N) is 2. The molecule has 2 amide bonds. The fraction of sp³-hybridized carbons (Fsp3) is 0.667. The second-order valence-electron chi connectivity index (χ2n) is 11.2. The fourth-order valence-electron chi connectivity index (χ4n) is 6.24. The number of aryl methyl sites for hydroxylation is 1. The van der Waals surface area contributed by atoms with E-state index < -0.39 is 6.09 Å². The molecule has 4 aliphatic rings. The summed E-state index contributed by atoms with van der Waals surface area (Å²) in [6.45, 7) is 7.12. The van der Waals surface area contributed by atoms with Gasteiger partial charge in [0.25, 0.3) is 5.91 Å². The molecule has 6 rings (SSSR count). The van der Waals surface area contributed by atoms with Crippen molar-refractivity contribution in [2.75, 3.05) is 19.0 Å². The number of nitrogens with zero attached hydrogens (tertiary/aromatic N) is 4. The van der Waals surface area contributed by atoms with Crippen molar-refractivity contribution in [2.45, 2.75) is 63.8 Å². The van der Waals surface area contributed by atoms with Gasteiger partial charge in [-0.3, -0.25) is 14.2 Å². The molecule has 0 radical (unpaired) electrons. The fourth-order valence-corrected chi connectivity index (χ4v) is 6.24. The third-order valence-corrected chi connectivity index (χ3v) is 7.69. The molecule has 11 heteroatoms. The second kappa shape index (κ2) is 8.34. The van der Waals surface area contributed by atoms with Gasteiger partial charge < -0.3 is 25.2 Å². The van der Waals surface area contributed by atoms with Gasteiger partial charge in [0.2, 0.25) is 0 Å². The Kier molecular flexibility index (Phi) is 5.67. The zero-order valence-corrected chi connectivity index (χ0v) is 20.9. The topological polar surface area (TPSA) is 133 Å². The van der Waals surface area contributed by atoms with Crippen LogP contribution in [-0.2, 0) is 28.7 Å². The monoisotopic (exact) mass is 486 g/mol. The molecule has 3 heterocycles. The zero-order valence-electron chi connectivity index (χ0n) is 20.9. The molecular formula is C24H34N6O5. The van der Waals surface area contributed by atoms with E-state index in [1.165, 1.54) is 4.68 Å². The van der Waals surface area contributed by atoms with Crippen LogP contribution in [0.1, 0.15) is 68.0 Å². The minimum absolute atomic E-state index is 0.163. The van der Waals surface area contributed by atoms with Crippen molar-refractivity contribution >= 4 is 17.8 Å². The first-order valence-electron chi connectivity index (χ1n) is 12.1. The smallest absolute Gasteiger partial charge is 0.405 e. The van der Waals surface area contributed by atoms with Gasteiger partial charge in [0.1, 0.15) is 5.69 Å². The number of hydrogen-bond acceptors (Lipinski definition) is 6. The Labute approximate surface area is 204 Å². The van der Waals surface area contributed by atoms with Crippen LogP contribution < -0.4 is 10.6 Å². The molecule has 3 atom stereocenters. The van der Waals surface area contributed by atoms with Crippen molar-refractivity contribution in [1.82, 2.24) is 24.9 Å². The molecule has 0 spiro atoms. The van der Waals surface area contributed by atoms with E-state index in [1.807, 2.05) is 10.7 Å². The number of ether oxygens (including phenoxy) is 2. The molecule has 35 heavy (non-hydrogen) atoms. The van der Waals surface area contributed by atoms with Crippen molar-refractivity contribution in [3.63, 3.8) is 0 Å². The molecule has 1 aliphatic heterocycles. The molecule has 2 aromatic heterocycles. The van der Waals surface area contributed by atoms with Crippen LogP contribution in [0.2, 0.25) is 0 Å². The van der Waals surface area contributed by atoms with Crippen molar-refractivity contribution in [3.8, 4) is 0 Å². The van der Waals surface area contributed by atoms with E-state index in [1.54, 1.807) is 20.2 Å². The number of methoxy groups -OCH3 is 1. The Hall–Kier alpha value is -2.92. The lowest BCUT2D eigenvalue weighted by Crippen LogP contribution is -2.77. The number of carbonyl (C=O) groups is 2. The lowest BCUT2D eigenvalue weighted by atomic mass is 9.39. The molecule has 3 N–H and O–H groups in total. The maximum absolute atomic E-state index is 12.9. The maximum Gasteiger partial charge on any atom is 0.405 e. The van der Waals surface area contributed by atoms with Crippen LogP contribution in [0.5, 0.6) is 0 Å². The first kappa shape index (κ1) is 23.8. The van der Waals surface area contributed by atoms with Crippen LogP contribution in [-0.4, -0.2) is 55.9 Å². The van der Waals surface area contributed by atoms with E-state index in [2.05, 4.69) is 36.5 Å². The Morgan fingerprint density at radius 1 is 1.26 bits per heavy atom. The molecule has 2 aromatic rings. The Morgan fingerprint density at radius 2 is 2.00 bits per heavy atom. The molecule has 3 unspecified atom stereocenters. The highest BCUT2D eigenvalue weighted by molar-refractivity contribution is 6.02. The highest BCUT2D eigenvalue weighted by atomic mass is 16.5. The summed E-state index contributed by atoms with van der Waals surface area (Å²) in [5, 5.41) is 23.9. The van der Waals surface area contributed by atoms with Crippen molar-refractivity contribution in [1.29, 1.82) is 0 Å². The number of hydrogen-bond donors (Lipinski definition) is 3. The van der Waals surface area contributed by atoms with Gasteiger partial charge in [0, 0.05) is 25.8 Å². The van der Waals surface area contributed by atoms with Gasteiger partial charge in [-0.2, -0.15) is 10.2 Å². The lowest BCUT2D eigenvalue weighted by molar-refractivity contribution is -0.159. The summed E-state index contributed by atoms with van der Waals surface area (Å²) in [5.74, 6) is 1.37. The van der Waals surface area contributed by atoms with Crippen molar-refractivity contribution in [3.05, 3.63) is 29.2 Å². The highest BCUT2D eigenvalue weighted by Gasteiger charge is 2.68. The van der Waals surface area contributed by atoms with Crippen LogP contribution in [0.3, 0.4) is 0 Å². The normalized spacial score (nSPS) is 29.4. The standard InChI is InChI=1S/C24H34N6O5/c1-23(2,3)30-16(8-19(28-30)25-21(31)17-7-15(12-34-5)27-29(17)4)18-6-13(11-35-18)20-14-9-24(20,10-14)26-22(32)33/h7-8,13-14,18,20,26H,6,9-12H2,1-5H3,(H,32,33)(H,25,28,31). The lowest BCUT2D eigenvalue weighted by Gasteiger charge is -2.69. The van der Waals surface area contributed by atoms with E-state index in [-0.39, 0.29) is 23.1 Å². The minimum atomic E-state index is -0.947. The van der Waals surface area contributed by atoms with Gasteiger partial charge in [0.05, 0.1) is 36.2 Å². The minimum Gasteiger partial charge on any atom is -0.465 e. The number of carbonyl (C=O) groups excluding carboxylic acids is 1. The Morgan fingerprint density at radius 3 is 2.60 bits per heavy atom. The average Bonchev–Trinajstić information content (AvgIpc) is 3.43. The SMILES string of the molecule is COCc1cc(C(=O)Nc2cc(C3CC(C4C5CC4(NC(=O)O)C5)CO3)n(C(C)(C)C)n2)n(C)n1. The predicted molar refractivity (Wildman–Crippen MR) is 126 cm³/mol. The van der Waals surface area contributed by atoms with E-state index in [4.69, 9.17) is 14.6 Å². The molecule has 190 valence electrons. The summed E-state index contributed by atoms with van der Waals surface area (Å²) in [7, 11) is 3.30. The quantitative estimate of drug-likeness (QED) is 0.548. The predicted octanol–water partition coefficient (Wildman–Crippen LogP) is 2.89. The van der Waals surface area contributed by atoms with E-state index >= 15 is 0 Å². The van der Waals surface area contributed by atoms with E-state index in [0.29, 0.717) is 48.2 Å². The molecule has 4 fully saturated rings. The summed E-state index contributed by atoms with van der Waals surface area (Å²) in [6.07, 6.45) is 1.56. The number of carboxylic acid groups (broad SMARTS) is 1. The summed E-state index contributed by atoms with van der Waals surface area (Å²) in [6, 6.07) is 3.59. The summed E-state index contributed by atoms with van der Waals surface area (Å²) in [5.41, 5.74) is 1.42. The third-order valence-electron chi connectivity index (χ3n) is 7.69. The molecule has 3 saturated carbocycles. The van der Waals surface area contributed by atoms with Gasteiger partial charge in [-0.05, 0) is 63.9 Å². The first-order chi connectivity index (χ1) is 16.5. The number of aromatic nitrogens is 4.